The molecular formula is C16H17BrClNO. The summed E-state index contributed by atoms with van der Waals surface area (Å²) in [6.45, 7) is 0. The molecule has 1 aromatic heterocycles. The molecule has 4 heteroatoms. The Labute approximate surface area is 133 Å². The van der Waals surface area contributed by atoms with Gasteiger partial charge in [-0.2, -0.15) is 0 Å². The van der Waals surface area contributed by atoms with Crippen LogP contribution in [-0.2, 0) is 12.8 Å². The second-order valence-corrected chi connectivity index (χ2v) is 5.80. The standard InChI is InChI=1S/C16H17BrClNO/c1-20-15-4-2-3-12(9-15)7-13(10-17)8-14-5-6-19-11-16(14)18/h2-6,9,11,13H,7-8,10H2,1H3. The number of halogens is 2. The van der Waals surface area contributed by atoms with Gasteiger partial charge in [-0.05, 0) is 48.1 Å². The van der Waals surface area contributed by atoms with Crippen molar-refractivity contribution in [3.8, 4) is 5.75 Å². The van der Waals surface area contributed by atoms with Crippen LogP contribution in [0.4, 0.5) is 0 Å². The average Bonchev–Trinajstić information content (AvgIpc) is 2.49. The largest absolute Gasteiger partial charge is 0.497 e. The zero-order valence-corrected chi connectivity index (χ0v) is 13.7. The molecule has 0 fully saturated rings. The molecule has 0 amide bonds. The molecule has 1 unspecified atom stereocenters. The molecular weight excluding hydrogens is 338 g/mol. The van der Waals surface area contributed by atoms with Gasteiger partial charge >= 0.3 is 0 Å². The third kappa shape index (κ3) is 4.22. The SMILES string of the molecule is COc1cccc(CC(CBr)Cc2ccncc2Cl)c1. The maximum atomic E-state index is 6.18. The normalized spacial score (nSPS) is 12.2. The molecule has 20 heavy (non-hydrogen) atoms. The van der Waals surface area contributed by atoms with Crippen molar-refractivity contribution in [2.45, 2.75) is 12.8 Å². The van der Waals surface area contributed by atoms with E-state index in [1.807, 2.05) is 18.2 Å². The van der Waals surface area contributed by atoms with E-state index in [1.165, 1.54) is 5.56 Å². The molecule has 0 aliphatic carbocycles. The number of nitrogens with zero attached hydrogens (tertiary/aromatic N) is 1. The Morgan fingerprint density at radius 3 is 2.85 bits per heavy atom. The van der Waals surface area contributed by atoms with Gasteiger partial charge in [0.2, 0.25) is 0 Å². The first-order chi connectivity index (χ1) is 9.72. The summed E-state index contributed by atoms with van der Waals surface area (Å²) in [6, 6.07) is 10.2. The first-order valence-electron chi connectivity index (χ1n) is 6.50. The molecule has 0 aliphatic heterocycles. The Hall–Kier alpha value is -1.06. The number of alkyl halides is 1. The summed E-state index contributed by atoms with van der Waals surface area (Å²) in [7, 11) is 1.69. The van der Waals surface area contributed by atoms with Gasteiger partial charge in [-0.1, -0.05) is 39.7 Å². The number of aromatic nitrogens is 1. The molecule has 0 bridgehead atoms. The number of pyridine rings is 1. The second kappa shape index (κ2) is 7.65. The van der Waals surface area contributed by atoms with Crippen LogP contribution in [0.5, 0.6) is 5.75 Å². The number of hydrogen-bond donors (Lipinski definition) is 0. The number of methoxy groups -OCH3 is 1. The molecule has 0 spiro atoms. The van der Waals surface area contributed by atoms with Gasteiger partial charge in [0.05, 0.1) is 12.1 Å². The lowest BCUT2D eigenvalue weighted by atomic mass is 9.94. The molecule has 106 valence electrons. The van der Waals surface area contributed by atoms with E-state index < -0.39 is 0 Å². The number of benzene rings is 1. The van der Waals surface area contributed by atoms with E-state index in [9.17, 15) is 0 Å². The Balaban J connectivity index is 2.07. The number of ether oxygens (including phenoxy) is 1. The highest BCUT2D eigenvalue weighted by molar-refractivity contribution is 9.09. The fourth-order valence-corrected chi connectivity index (χ4v) is 2.85. The molecule has 1 aromatic carbocycles. The minimum absolute atomic E-state index is 0.488. The van der Waals surface area contributed by atoms with Gasteiger partial charge in [-0.25, -0.2) is 0 Å². The predicted molar refractivity (Wildman–Crippen MR) is 86.9 cm³/mol. The highest BCUT2D eigenvalue weighted by atomic mass is 79.9. The van der Waals surface area contributed by atoms with Gasteiger partial charge in [0.15, 0.2) is 0 Å². The van der Waals surface area contributed by atoms with Crippen molar-refractivity contribution in [3.05, 3.63) is 58.9 Å². The molecule has 2 aromatic rings. The smallest absolute Gasteiger partial charge is 0.119 e. The highest BCUT2D eigenvalue weighted by Gasteiger charge is 2.12. The van der Waals surface area contributed by atoms with Crippen LogP contribution in [0.1, 0.15) is 11.1 Å². The van der Waals surface area contributed by atoms with Crippen molar-refractivity contribution in [2.75, 3.05) is 12.4 Å². The van der Waals surface area contributed by atoms with Crippen molar-refractivity contribution in [1.82, 2.24) is 4.98 Å². The summed E-state index contributed by atoms with van der Waals surface area (Å²) in [5.74, 6) is 1.39. The van der Waals surface area contributed by atoms with Crippen LogP contribution in [0.15, 0.2) is 42.7 Å². The summed E-state index contributed by atoms with van der Waals surface area (Å²) in [5, 5.41) is 1.67. The molecule has 1 atom stereocenters. The third-order valence-electron chi connectivity index (χ3n) is 3.24. The van der Waals surface area contributed by atoms with E-state index in [0.29, 0.717) is 5.92 Å². The van der Waals surface area contributed by atoms with E-state index >= 15 is 0 Å². The molecule has 2 rings (SSSR count). The summed E-state index contributed by atoms with van der Waals surface area (Å²) < 4.78 is 5.27. The zero-order valence-electron chi connectivity index (χ0n) is 11.4. The summed E-state index contributed by atoms with van der Waals surface area (Å²) in [6.07, 6.45) is 5.41. The van der Waals surface area contributed by atoms with Gasteiger partial charge in [0, 0.05) is 17.7 Å². The maximum absolute atomic E-state index is 6.18. The monoisotopic (exact) mass is 353 g/mol. The lowest BCUT2D eigenvalue weighted by molar-refractivity contribution is 0.414. The van der Waals surface area contributed by atoms with E-state index in [2.05, 4.69) is 33.0 Å². The molecule has 0 radical (unpaired) electrons. The first-order valence-corrected chi connectivity index (χ1v) is 8.00. The minimum atomic E-state index is 0.488. The zero-order chi connectivity index (χ0) is 14.4. The first kappa shape index (κ1) is 15.3. The minimum Gasteiger partial charge on any atom is -0.497 e. The number of rotatable bonds is 6. The van der Waals surface area contributed by atoms with Crippen LogP contribution in [0.25, 0.3) is 0 Å². The van der Waals surface area contributed by atoms with Crippen molar-refractivity contribution in [1.29, 1.82) is 0 Å². The third-order valence-corrected chi connectivity index (χ3v) is 4.50. The van der Waals surface area contributed by atoms with Crippen LogP contribution in [0.2, 0.25) is 5.02 Å². The molecule has 1 heterocycles. The lowest BCUT2D eigenvalue weighted by Crippen LogP contribution is -2.10. The van der Waals surface area contributed by atoms with Gasteiger partial charge in [-0.3, -0.25) is 4.98 Å². The van der Waals surface area contributed by atoms with Gasteiger partial charge in [0.25, 0.3) is 0 Å². The van der Waals surface area contributed by atoms with E-state index in [-0.39, 0.29) is 0 Å². The molecule has 2 nitrogen and oxygen atoms in total. The van der Waals surface area contributed by atoms with Crippen LogP contribution in [-0.4, -0.2) is 17.4 Å². The molecule has 0 aliphatic rings. The molecule has 0 saturated heterocycles. The Kier molecular flexibility index (Phi) is 5.86. The molecule has 0 N–H and O–H groups in total. The topological polar surface area (TPSA) is 22.1 Å². The van der Waals surface area contributed by atoms with Crippen molar-refractivity contribution in [3.63, 3.8) is 0 Å². The van der Waals surface area contributed by atoms with Crippen molar-refractivity contribution < 1.29 is 4.74 Å². The fraction of sp³-hybridized carbons (Fsp3) is 0.312. The summed E-state index contributed by atoms with van der Waals surface area (Å²) in [5.41, 5.74) is 2.42. The second-order valence-electron chi connectivity index (χ2n) is 4.75. The van der Waals surface area contributed by atoms with Crippen LogP contribution in [0.3, 0.4) is 0 Å². The van der Waals surface area contributed by atoms with Crippen LogP contribution >= 0.6 is 27.5 Å². The summed E-state index contributed by atoms with van der Waals surface area (Å²) >= 11 is 9.78. The average molecular weight is 355 g/mol. The van der Waals surface area contributed by atoms with E-state index in [1.54, 1.807) is 19.5 Å². The van der Waals surface area contributed by atoms with E-state index in [4.69, 9.17) is 16.3 Å². The van der Waals surface area contributed by atoms with E-state index in [0.717, 1.165) is 34.5 Å². The molecule has 0 saturated carbocycles. The Morgan fingerprint density at radius 2 is 2.15 bits per heavy atom. The summed E-state index contributed by atoms with van der Waals surface area (Å²) in [4.78, 5) is 4.02. The quantitative estimate of drug-likeness (QED) is 0.711. The van der Waals surface area contributed by atoms with Gasteiger partial charge < -0.3 is 4.74 Å². The fourth-order valence-electron chi connectivity index (χ4n) is 2.19. The van der Waals surface area contributed by atoms with Crippen molar-refractivity contribution in [2.24, 2.45) is 5.92 Å². The Morgan fingerprint density at radius 1 is 1.30 bits per heavy atom. The Bertz CT molecular complexity index is 562. The highest BCUT2D eigenvalue weighted by Crippen LogP contribution is 2.23. The number of hydrogen-bond acceptors (Lipinski definition) is 2. The van der Waals surface area contributed by atoms with Crippen LogP contribution in [0, 0.1) is 5.92 Å². The van der Waals surface area contributed by atoms with Crippen LogP contribution < -0.4 is 4.74 Å². The maximum Gasteiger partial charge on any atom is 0.119 e. The lowest BCUT2D eigenvalue weighted by Gasteiger charge is -2.15. The van der Waals surface area contributed by atoms with Gasteiger partial charge in [0.1, 0.15) is 5.75 Å². The van der Waals surface area contributed by atoms with Gasteiger partial charge in [-0.15, -0.1) is 0 Å². The predicted octanol–water partition coefficient (Wildman–Crippen LogP) is 4.54. The van der Waals surface area contributed by atoms with Crippen molar-refractivity contribution >= 4 is 27.5 Å².